The molecule has 0 aromatic heterocycles. The minimum absolute atomic E-state index is 0.182. The monoisotopic (exact) mass is 168 g/mol. The molecule has 0 bridgehead atoms. The fourth-order valence-corrected chi connectivity index (χ4v) is 1.90. The van der Waals surface area contributed by atoms with E-state index in [1.54, 1.807) is 0 Å². The second-order valence-electron chi connectivity index (χ2n) is 3.69. The lowest BCUT2D eigenvalue weighted by Gasteiger charge is -2.38. The number of rotatable bonds is 2. The molecular formula is C11H17F. The Labute approximate surface area is 74.2 Å². The predicted molar refractivity (Wildman–Crippen MR) is 50.7 cm³/mol. The summed E-state index contributed by atoms with van der Waals surface area (Å²) in [5.41, 5.74) is 1.18. The lowest BCUT2D eigenvalue weighted by atomic mass is 9.69. The van der Waals surface area contributed by atoms with Gasteiger partial charge in [-0.05, 0) is 26.2 Å². The maximum atomic E-state index is 13.0. The van der Waals surface area contributed by atoms with Crippen LogP contribution in [0.5, 0.6) is 0 Å². The number of alkyl halides is 1. The van der Waals surface area contributed by atoms with Gasteiger partial charge in [0, 0.05) is 5.92 Å². The SMILES string of the molecule is C/C=C\C=C(\C)C1C(C)CC1F. The molecular weight excluding hydrogens is 151 g/mol. The average Bonchev–Trinajstić information content (AvgIpc) is 2.00. The summed E-state index contributed by atoms with van der Waals surface area (Å²) in [4.78, 5) is 0. The third kappa shape index (κ3) is 1.77. The topological polar surface area (TPSA) is 0 Å². The highest BCUT2D eigenvalue weighted by Gasteiger charge is 2.38. The van der Waals surface area contributed by atoms with Gasteiger partial charge >= 0.3 is 0 Å². The molecule has 3 atom stereocenters. The molecule has 1 fully saturated rings. The Morgan fingerprint density at radius 2 is 2.17 bits per heavy atom. The van der Waals surface area contributed by atoms with Crippen LogP contribution in [-0.4, -0.2) is 6.17 Å². The Bertz CT molecular complexity index is 195. The van der Waals surface area contributed by atoms with E-state index in [1.165, 1.54) is 5.57 Å². The van der Waals surface area contributed by atoms with Crippen LogP contribution in [0.25, 0.3) is 0 Å². The normalized spacial score (nSPS) is 37.0. The molecule has 0 aromatic rings. The fourth-order valence-electron chi connectivity index (χ4n) is 1.90. The van der Waals surface area contributed by atoms with E-state index >= 15 is 0 Å². The summed E-state index contributed by atoms with van der Waals surface area (Å²) in [7, 11) is 0. The van der Waals surface area contributed by atoms with E-state index in [4.69, 9.17) is 0 Å². The van der Waals surface area contributed by atoms with Crippen molar-refractivity contribution >= 4 is 0 Å². The van der Waals surface area contributed by atoms with Crippen LogP contribution in [0.3, 0.4) is 0 Å². The molecule has 0 N–H and O–H groups in total. The Kier molecular flexibility index (Phi) is 3.07. The number of hydrogen-bond donors (Lipinski definition) is 0. The van der Waals surface area contributed by atoms with Gasteiger partial charge in [0.05, 0.1) is 0 Å². The van der Waals surface area contributed by atoms with Gasteiger partial charge in [0.15, 0.2) is 0 Å². The average molecular weight is 168 g/mol. The van der Waals surface area contributed by atoms with Crippen LogP contribution in [-0.2, 0) is 0 Å². The largest absolute Gasteiger partial charge is 0.247 e. The van der Waals surface area contributed by atoms with Gasteiger partial charge in [-0.2, -0.15) is 0 Å². The van der Waals surface area contributed by atoms with Crippen molar-refractivity contribution in [3.05, 3.63) is 23.8 Å². The van der Waals surface area contributed by atoms with E-state index in [9.17, 15) is 4.39 Å². The van der Waals surface area contributed by atoms with Gasteiger partial charge in [-0.25, -0.2) is 4.39 Å². The molecule has 1 aliphatic rings. The summed E-state index contributed by atoms with van der Waals surface area (Å²) >= 11 is 0. The highest BCUT2D eigenvalue weighted by Crippen LogP contribution is 2.41. The Morgan fingerprint density at radius 3 is 2.58 bits per heavy atom. The van der Waals surface area contributed by atoms with E-state index in [1.807, 2.05) is 32.1 Å². The molecule has 1 heteroatoms. The zero-order valence-corrected chi connectivity index (χ0v) is 8.05. The molecule has 0 amide bonds. The minimum atomic E-state index is -0.596. The van der Waals surface area contributed by atoms with Gasteiger partial charge in [0.1, 0.15) is 6.17 Å². The van der Waals surface area contributed by atoms with Crippen LogP contribution in [0.15, 0.2) is 23.8 Å². The van der Waals surface area contributed by atoms with Crippen molar-refractivity contribution < 1.29 is 4.39 Å². The van der Waals surface area contributed by atoms with E-state index in [-0.39, 0.29) is 5.92 Å². The molecule has 1 saturated carbocycles. The van der Waals surface area contributed by atoms with Gasteiger partial charge in [-0.15, -0.1) is 0 Å². The van der Waals surface area contributed by atoms with Crippen LogP contribution in [0.2, 0.25) is 0 Å². The first-order valence-electron chi connectivity index (χ1n) is 4.60. The summed E-state index contributed by atoms with van der Waals surface area (Å²) in [6.45, 7) is 6.11. The maximum Gasteiger partial charge on any atom is 0.107 e. The van der Waals surface area contributed by atoms with Crippen molar-refractivity contribution in [1.29, 1.82) is 0 Å². The second-order valence-corrected chi connectivity index (χ2v) is 3.69. The van der Waals surface area contributed by atoms with Crippen LogP contribution in [0, 0.1) is 11.8 Å². The van der Waals surface area contributed by atoms with E-state index in [0.717, 1.165) is 6.42 Å². The summed E-state index contributed by atoms with van der Waals surface area (Å²) < 4.78 is 13.0. The number of halogens is 1. The third-order valence-corrected chi connectivity index (χ3v) is 2.68. The van der Waals surface area contributed by atoms with Gasteiger partial charge in [-0.1, -0.05) is 30.7 Å². The molecule has 0 aliphatic heterocycles. The second kappa shape index (κ2) is 3.88. The summed E-state index contributed by atoms with van der Waals surface area (Å²) in [5.74, 6) is 0.711. The van der Waals surface area contributed by atoms with Gasteiger partial charge < -0.3 is 0 Å². The van der Waals surface area contributed by atoms with E-state index in [2.05, 4.69) is 6.92 Å². The molecule has 0 nitrogen and oxygen atoms in total. The molecule has 0 saturated heterocycles. The van der Waals surface area contributed by atoms with Crippen molar-refractivity contribution in [2.75, 3.05) is 0 Å². The molecule has 0 radical (unpaired) electrons. The zero-order valence-electron chi connectivity index (χ0n) is 8.05. The first-order valence-corrected chi connectivity index (χ1v) is 4.60. The van der Waals surface area contributed by atoms with Gasteiger partial charge in [-0.3, -0.25) is 0 Å². The quantitative estimate of drug-likeness (QED) is 0.553. The lowest BCUT2D eigenvalue weighted by molar-refractivity contribution is 0.0719. The molecule has 0 spiro atoms. The molecule has 1 aliphatic carbocycles. The van der Waals surface area contributed by atoms with Gasteiger partial charge in [0.25, 0.3) is 0 Å². The number of hydrogen-bond acceptors (Lipinski definition) is 0. The minimum Gasteiger partial charge on any atom is -0.247 e. The maximum absolute atomic E-state index is 13.0. The summed E-state index contributed by atoms with van der Waals surface area (Å²) in [6, 6.07) is 0. The molecule has 12 heavy (non-hydrogen) atoms. The molecule has 3 unspecified atom stereocenters. The summed E-state index contributed by atoms with van der Waals surface area (Å²) in [6.07, 6.45) is 6.12. The Balaban J connectivity index is 2.57. The molecule has 0 aromatic carbocycles. The van der Waals surface area contributed by atoms with Crippen LogP contribution >= 0.6 is 0 Å². The fraction of sp³-hybridized carbons (Fsp3) is 0.636. The van der Waals surface area contributed by atoms with Crippen LogP contribution in [0.4, 0.5) is 4.39 Å². The summed E-state index contributed by atoms with van der Waals surface area (Å²) in [5, 5.41) is 0. The van der Waals surface area contributed by atoms with Crippen molar-refractivity contribution in [1.82, 2.24) is 0 Å². The van der Waals surface area contributed by atoms with Gasteiger partial charge in [0.2, 0.25) is 0 Å². The Morgan fingerprint density at radius 1 is 1.50 bits per heavy atom. The molecule has 0 heterocycles. The van der Waals surface area contributed by atoms with Crippen molar-refractivity contribution in [3.8, 4) is 0 Å². The van der Waals surface area contributed by atoms with Crippen molar-refractivity contribution in [2.24, 2.45) is 11.8 Å². The Hall–Kier alpha value is -0.590. The highest BCUT2D eigenvalue weighted by molar-refractivity contribution is 5.17. The van der Waals surface area contributed by atoms with E-state index in [0.29, 0.717) is 5.92 Å². The van der Waals surface area contributed by atoms with Crippen LogP contribution in [0.1, 0.15) is 27.2 Å². The smallest absolute Gasteiger partial charge is 0.107 e. The zero-order chi connectivity index (χ0) is 9.14. The first-order chi connectivity index (χ1) is 5.66. The lowest BCUT2D eigenvalue weighted by Crippen LogP contribution is -2.37. The van der Waals surface area contributed by atoms with Crippen molar-refractivity contribution in [2.45, 2.75) is 33.4 Å². The number of allylic oxidation sites excluding steroid dienone is 4. The first kappa shape index (κ1) is 9.50. The van der Waals surface area contributed by atoms with Crippen molar-refractivity contribution in [3.63, 3.8) is 0 Å². The predicted octanol–water partition coefficient (Wildman–Crippen LogP) is 3.50. The molecule has 1 rings (SSSR count). The van der Waals surface area contributed by atoms with E-state index < -0.39 is 6.17 Å². The molecule has 68 valence electrons. The third-order valence-electron chi connectivity index (χ3n) is 2.68. The highest BCUT2D eigenvalue weighted by atomic mass is 19.1. The standard InChI is InChI=1S/C11H17F/c1-4-5-6-8(2)11-9(3)7-10(11)12/h4-6,9-11H,7H2,1-3H3/b5-4-,8-6-. The van der Waals surface area contributed by atoms with Crippen LogP contribution < -0.4 is 0 Å².